The fourth-order valence-corrected chi connectivity index (χ4v) is 3.08. The molecular formula is C21H23NO6. The summed E-state index contributed by atoms with van der Waals surface area (Å²) in [6, 6.07) is 10.8. The Morgan fingerprint density at radius 1 is 0.929 bits per heavy atom. The monoisotopic (exact) mass is 385 g/mol. The van der Waals surface area contributed by atoms with Gasteiger partial charge in [-0.1, -0.05) is 6.07 Å². The van der Waals surface area contributed by atoms with Crippen LogP contribution in [0.4, 0.5) is 5.69 Å². The number of aryl methyl sites for hydroxylation is 2. The Bertz CT molecular complexity index is 864. The standard InChI is InChI=1S/C21H23NO6/c1-25-18-9-7-16(11-19(18)26-2)22-20(23)12-28-21(24)13-27-17-8-6-14-4-3-5-15(14)10-17/h6-11H,3-5,12-13H2,1-2H3,(H,22,23). The van der Waals surface area contributed by atoms with Crippen molar-refractivity contribution in [2.75, 3.05) is 32.8 Å². The molecule has 2 aromatic rings. The van der Waals surface area contributed by atoms with E-state index in [1.807, 2.05) is 18.2 Å². The highest BCUT2D eigenvalue weighted by Crippen LogP contribution is 2.29. The van der Waals surface area contributed by atoms with E-state index < -0.39 is 18.5 Å². The molecule has 0 aliphatic heterocycles. The molecule has 2 aromatic carbocycles. The van der Waals surface area contributed by atoms with Crippen LogP contribution in [-0.2, 0) is 27.2 Å². The predicted molar refractivity (Wildman–Crippen MR) is 103 cm³/mol. The first-order chi connectivity index (χ1) is 13.6. The summed E-state index contributed by atoms with van der Waals surface area (Å²) in [6.45, 7) is -0.650. The van der Waals surface area contributed by atoms with Crippen molar-refractivity contribution in [2.24, 2.45) is 0 Å². The lowest BCUT2D eigenvalue weighted by atomic mass is 10.1. The molecule has 3 rings (SSSR count). The molecule has 0 fully saturated rings. The number of hydrogen-bond donors (Lipinski definition) is 1. The van der Waals surface area contributed by atoms with Crippen LogP contribution in [0.2, 0.25) is 0 Å². The van der Waals surface area contributed by atoms with Crippen molar-refractivity contribution in [2.45, 2.75) is 19.3 Å². The molecule has 0 spiro atoms. The van der Waals surface area contributed by atoms with Gasteiger partial charge in [0.25, 0.3) is 5.91 Å². The number of amides is 1. The van der Waals surface area contributed by atoms with Crippen LogP contribution in [0.15, 0.2) is 36.4 Å². The topological polar surface area (TPSA) is 83.1 Å². The van der Waals surface area contributed by atoms with Crippen LogP contribution in [0.5, 0.6) is 17.2 Å². The third-order valence-corrected chi connectivity index (χ3v) is 4.46. The van der Waals surface area contributed by atoms with Crippen LogP contribution in [0.25, 0.3) is 0 Å². The summed E-state index contributed by atoms with van der Waals surface area (Å²) in [5.74, 6) is 0.601. The minimum Gasteiger partial charge on any atom is -0.493 e. The quantitative estimate of drug-likeness (QED) is 0.704. The van der Waals surface area contributed by atoms with Crippen molar-refractivity contribution in [3.63, 3.8) is 0 Å². The molecule has 0 unspecified atom stereocenters. The smallest absolute Gasteiger partial charge is 0.344 e. The van der Waals surface area contributed by atoms with Gasteiger partial charge in [0.1, 0.15) is 5.75 Å². The summed E-state index contributed by atoms with van der Waals surface area (Å²) in [6.07, 6.45) is 3.27. The van der Waals surface area contributed by atoms with Crippen molar-refractivity contribution in [3.05, 3.63) is 47.5 Å². The van der Waals surface area contributed by atoms with Gasteiger partial charge in [0, 0.05) is 11.8 Å². The van der Waals surface area contributed by atoms with E-state index in [9.17, 15) is 9.59 Å². The molecule has 1 amide bonds. The molecule has 0 heterocycles. The molecule has 7 heteroatoms. The van der Waals surface area contributed by atoms with Crippen LogP contribution >= 0.6 is 0 Å². The second-order valence-corrected chi connectivity index (χ2v) is 6.35. The van der Waals surface area contributed by atoms with Gasteiger partial charge in [-0.15, -0.1) is 0 Å². The zero-order chi connectivity index (χ0) is 19.9. The molecule has 0 atom stereocenters. The van der Waals surface area contributed by atoms with E-state index in [4.69, 9.17) is 18.9 Å². The number of carbonyl (C=O) groups excluding carboxylic acids is 2. The highest BCUT2D eigenvalue weighted by atomic mass is 16.6. The lowest BCUT2D eigenvalue weighted by molar-refractivity contribution is -0.149. The maximum absolute atomic E-state index is 12.0. The molecule has 0 saturated carbocycles. The summed E-state index contributed by atoms with van der Waals surface area (Å²) < 4.78 is 20.7. The number of nitrogens with one attached hydrogen (secondary N) is 1. The van der Waals surface area contributed by atoms with Gasteiger partial charge in [0.2, 0.25) is 0 Å². The van der Waals surface area contributed by atoms with Crippen molar-refractivity contribution >= 4 is 17.6 Å². The van der Waals surface area contributed by atoms with Gasteiger partial charge in [-0.25, -0.2) is 4.79 Å². The number of fused-ring (bicyclic) bond motifs is 1. The van der Waals surface area contributed by atoms with Gasteiger partial charge in [0.05, 0.1) is 14.2 Å². The molecule has 148 valence electrons. The highest BCUT2D eigenvalue weighted by molar-refractivity contribution is 5.93. The first-order valence-electron chi connectivity index (χ1n) is 9.01. The number of methoxy groups -OCH3 is 2. The lowest BCUT2D eigenvalue weighted by Crippen LogP contribution is -2.23. The minimum absolute atomic E-state index is 0.248. The highest BCUT2D eigenvalue weighted by Gasteiger charge is 2.13. The molecule has 0 aromatic heterocycles. The Morgan fingerprint density at radius 3 is 2.50 bits per heavy atom. The zero-order valence-corrected chi connectivity index (χ0v) is 15.9. The number of rotatable bonds is 8. The number of carbonyl (C=O) groups is 2. The average Bonchev–Trinajstić information content (AvgIpc) is 3.18. The summed E-state index contributed by atoms with van der Waals surface area (Å²) in [4.78, 5) is 23.8. The number of hydrogen-bond acceptors (Lipinski definition) is 6. The summed E-state index contributed by atoms with van der Waals surface area (Å²) in [5.41, 5.74) is 3.11. The van der Waals surface area contributed by atoms with Crippen LogP contribution in [0, 0.1) is 0 Å². The van der Waals surface area contributed by atoms with E-state index >= 15 is 0 Å². The fraction of sp³-hybridized carbons (Fsp3) is 0.333. The van der Waals surface area contributed by atoms with E-state index in [1.54, 1.807) is 18.2 Å². The van der Waals surface area contributed by atoms with Crippen LogP contribution in [0.1, 0.15) is 17.5 Å². The molecule has 1 N–H and O–H groups in total. The maximum atomic E-state index is 12.0. The second kappa shape index (κ2) is 9.12. The summed E-state index contributed by atoms with van der Waals surface area (Å²) in [5, 5.41) is 2.63. The first kappa shape index (κ1) is 19.5. The SMILES string of the molecule is COc1ccc(NC(=O)COC(=O)COc2ccc3c(c2)CCC3)cc1OC. The first-order valence-corrected chi connectivity index (χ1v) is 9.01. The summed E-state index contributed by atoms with van der Waals surface area (Å²) >= 11 is 0. The van der Waals surface area contributed by atoms with Crippen LogP contribution in [-0.4, -0.2) is 39.3 Å². The van der Waals surface area contributed by atoms with Crippen LogP contribution < -0.4 is 19.5 Å². The van der Waals surface area contributed by atoms with E-state index in [2.05, 4.69) is 5.32 Å². The van der Waals surface area contributed by atoms with E-state index in [1.165, 1.54) is 25.3 Å². The minimum atomic E-state index is -0.608. The Balaban J connectivity index is 1.43. The van der Waals surface area contributed by atoms with Gasteiger partial charge in [0.15, 0.2) is 24.7 Å². The largest absolute Gasteiger partial charge is 0.493 e. The fourth-order valence-electron chi connectivity index (χ4n) is 3.08. The molecule has 0 bridgehead atoms. The molecule has 0 radical (unpaired) electrons. The van der Waals surface area contributed by atoms with Crippen molar-refractivity contribution in [1.29, 1.82) is 0 Å². The van der Waals surface area contributed by atoms with Crippen molar-refractivity contribution in [1.82, 2.24) is 0 Å². The second-order valence-electron chi connectivity index (χ2n) is 6.35. The van der Waals surface area contributed by atoms with Gasteiger partial charge in [-0.3, -0.25) is 4.79 Å². The van der Waals surface area contributed by atoms with E-state index in [0.717, 1.165) is 19.3 Å². The Hall–Kier alpha value is -3.22. The number of benzene rings is 2. The molecule has 0 saturated heterocycles. The lowest BCUT2D eigenvalue weighted by Gasteiger charge is -2.11. The van der Waals surface area contributed by atoms with Crippen molar-refractivity contribution < 1.29 is 28.5 Å². The predicted octanol–water partition coefficient (Wildman–Crippen LogP) is 2.75. The number of ether oxygens (including phenoxy) is 4. The van der Waals surface area contributed by atoms with Gasteiger partial charge >= 0.3 is 5.97 Å². The normalized spacial score (nSPS) is 12.1. The van der Waals surface area contributed by atoms with Crippen LogP contribution in [0.3, 0.4) is 0 Å². The molecule has 7 nitrogen and oxygen atoms in total. The summed E-state index contributed by atoms with van der Waals surface area (Å²) in [7, 11) is 3.03. The molecule has 1 aliphatic carbocycles. The zero-order valence-electron chi connectivity index (χ0n) is 15.9. The van der Waals surface area contributed by atoms with Gasteiger partial charge in [-0.05, 0) is 54.7 Å². The third kappa shape index (κ3) is 4.94. The number of anilines is 1. The molecule has 1 aliphatic rings. The average molecular weight is 385 g/mol. The van der Waals surface area contributed by atoms with E-state index in [-0.39, 0.29) is 6.61 Å². The molecule has 28 heavy (non-hydrogen) atoms. The number of esters is 1. The van der Waals surface area contributed by atoms with Crippen molar-refractivity contribution in [3.8, 4) is 17.2 Å². The van der Waals surface area contributed by atoms with E-state index in [0.29, 0.717) is 22.9 Å². The molecular weight excluding hydrogens is 362 g/mol. The Kier molecular flexibility index (Phi) is 6.37. The van der Waals surface area contributed by atoms with Gasteiger partial charge in [-0.2, -0.15) is 0 Å². The Labute approximate surface area is 163 Å². The van der Waals surface area contributed by atoms with Gasteiger partial charge < -0.3 is 24.3 Å². The third-order valence-electron chi connectivity index (χ3n) is 4.46. The Morgan fingerprint density at radius 2 is 1.71 bits per heavy atom. The maximum Gasteiger partial charge on any atom is 0.344 e.